The summed E-state index contributed by atoms with van der Waals surface area (Å²) in [6.45, 7) is 5.78. The molecular weight excluding hydrogens is 256 g/mol. The fraction of sp³-hybridized carbons (Fsp3) is 0.467. The second kappa shape index (κ2) is 7.53. The molecule has 0 aliphatic carbocycles. The van der Waals surface area contributed by atoms with Crippen LogP contribution >= 0.6 is 0 Å². The molecule has 0 radical (unpaired) electrons. The van der Waals surface area contributed by atoms with Crippen LogP contribution in [0, 0.1) is 6.92 Å². The number of rotatable bonds is 6. The van der Waals surface area contributed by atoms with Crippen LogP contribution < -0.4 is 10.6 Å². The number of carbonyl (C=O) groups is 2. The van der Waals surface area contributed by atoms with Crippen LogP contribution in [0.5, 0.6) is 0 Å². The lowest BCUT2D eigenvalue weighted by Crippen LogP contribution is -2.36. The molecule has 0 spiro atoms. The number of carboxylic acid groups (broad SMARTS) is 1. The lowest BCUT2D eigenvalue weighted by atomic mass is 10.1. The van der Waals surface area contributed by atoms with Crippen LogP contribution in [-0.2, 0) is 0 Å². The van der Waals surface area contributed by atoms with Crippen LogP contribution in [0.15, 0.2) is 18.2 Å². The highest BCUT2D eigenvalue weighted by Gasteiger charge is 2.10. The zero-order valence-corrected chi connectivity index (χ0v) is 12.2. The molecule has 20 heavy (non-hydrogen) atoms. The lowest BCUT2D eigenvalue weighted by molar-refractivity contribution is 0.0696. The number of hydrogen-bond acceptors (Lipinski definition) is 2. The monoisotopic (exact) mass is 278 g/mol. The van der Waals surface area contributed by atoms with E-state index in [0.717, 1.165) is 19.3 Å². The van der Waals surface area contributed by atoms with Gasteiger partial charge < -0.3 is 15.7 Å². The highest BCUT2D eigenvalue weighted by atomic mass is 16.4. The first-order valence-electron chi connectivity index (χ1n) is 6.85. The van der Waals surface area contributed by atoms with E-state index in [4.69, 9.17) is 5.11 Å². The number of unbranched alkanes of at least 4 members (excludes halogenated alkanes) is 1. The number of anilines is 1. The summed E-state index contributed by atoms with van der Waals surface area (Å²) < 4.78 is 0. The molecule has 1 aromatic rings. The van der Waals surface area contributed by atoms with E-state index in [0.29, 0.717) is 11.3 Å². The van der Waals surface area contributed by atoms with Gasteiger partial charge in [-0.05, 0) is 44.0 Å². The molecule has 0 saturated carbocycles. The summed E-state index contributed by atoms with van der Waals surface area (Å²) in [7, 11) is 0. The maximum absolute atomic E-state index is 11.8. The van der Waals surface area contributed by atoms with E-state index >= 15 is 0 Å². The van der Waals surface area contributed by atoms with Gasteiger partial charge in [0.2, 0.25) is 0 Å². The third-order valence-electron chi connectivity index (χ3n) is 3.08. The zero-order valence-electron chi connectivity index (χ0n) is 12.2. The SMILES string of the molecule is CCCCC(C)NC(=O)Nc1ccc(C(=O)O)c(C)c1. The summed E-state index contributed by atoms with van der Waals surface area (Å²) in [5.41, 5.74) is 1.45. The van der Waals surface area contributed by atoms with Crippen molar-refractivity contribution >= 4 is 17.7 Å². The van der Waals surface area contributed by atoms with Gasteiger partial charge in [-0.3, -0.25) is 0 Å². The van der Waals surface area contributed by atoms with Gasteiger partial charge in [0.25, 0.3) is 0 Å². The Balaban J connectivity index is 2.58. The summed E-state index contributed by atoms with van der Waals surface area (Å²) >= 11 is 0. The Bertz CT molecular complexity index is 486. The third kappa shape index (κ3) is 4.91. The van der Waals surface area contributed by atoms with E-state index in [1.807, 2.05) is 6.92 Å². The van der Waals surface area contributed by atoms with Crippen molar-refractivity contribution in [1.82, 2.24) is 5.32 Å². The number of nitrogens with one attached hydrogen (secondary N) is 2. The molecule has 0 saturated heterocycles. The number of aryl methyl sites for hydroxylation is 1. The smallest absolute Gasteiger partial charge is 0.335 e. The number of benzene rings is 1. The van der Waals surface area contributed by atoms with Gasteiger partial charge in [0.15, 0.2) is 0 Å². The minimum Gasteiger partial charge on any atom is -0.478 e. The van der Waals surface area contributed by atoms with Gasteiger partial charge in [-0.25, -0.2) is 9.59 Å². The molecule has 0 bridgehead atoms. The molecule has 5 nitrogen and oxygen atoms in total. The molecule has 0 heterocycles. The number of amides is 2. The van der Waals surface area contributed by atoms with Crippen molar-refractivity contribution in [3.8, 4) is 0 Å². The van der Waals surface area contributed by atoms with E-state index in [2.05, 4.69) is 17.6 Å². The molecule has 5 heteroatoms. The van der Waals surface area contributed by atoms with Crippen molar-refractivity contribution in [3.63, 3.8) is 0 Å². The van der Waals surface area contributed by atoms with E-state index < -0.39 is 5.97 Å². The van der Waals surface area contributed by atoms with Crippen molar-refractivity contribution in [3.05, 3.63) is 29.3 Å². The molecule has 1 unspecified atom stereocenters. The second-order valence-electron chi connectivity index (χ2n) is 4.98. The van der Waals surface area contributed by atoms with Crippen LogP contribution in [0.3, 0.4) is 0 Å². The normalized spacial score (nSPS) is 11.8. The zero-order chi connectivity index (χ0) is 15.1. The minimum absolute atomic E-state index is 0.120. The van der Waals surface area contributed by atoms with Gasteiger partial charge in [0.05, 0.1) is 5.56 Å². The van der Waals surface area contributed by atoms with Gasteiger partial charge in [-0.2, -0.15) is 0 Å². The Hall–Kier alpha value is -2.04. The summed E-state index contributed by atoms with van der Waals surface area (Å²) in [4.78, 5) is 22.7. The van der Waals surface area contributed by atoms with E-state index in [1.54, 1.807) is 19.1 Å². The number of aromatic carboxylic acids is 1. The molecule has 0 aliphatic heterocycles. The van der Waals surface area contributed by atoms with Crippen LogP contribution in [0.2, 0.25) is 0 Å². The molecule has 0 aliphatic rings. The standard InChI is InChI=1S/C15H22N2O3/c1-4-5-6-11(3)16-15(20)17-12-7-8-13(14(18)19)10(2)9-12/h7-9,11H,4-6H2,1-3H3,(H,18,19)(H2,16,17,20). The highest BCUT2D eigenvalue weighted by molar-refractivity contribution is 5.92. The minimum atomic E-state index is -0.966. The molecule has 1 atom stereocenters. The van der Waals surface area contributed by atoms with Crippen molar-refractivity contribution in [2.45, 2.75) is 46.1 Å². The van der Waals surface area contributed by atoms with E-state index in [-0.39, 0.29) is 17.6 Å². The fourth-order valence-corrected chi connectivity index (χ4v) is 1.95. The summed E-state index contributed by atoms with van der Waals surface area (Å²) in [5.74, 6) is -0.966. The second-order valence-corrected chi connectivity index (χ2v) is 4.98. The molecule has 1 rings (SSSR count). The maximum Gasteiger partial charge on any atom is 0.335 e. The third-order valence-corrected chi connectivity index (χ3v) is 3.08. The van der Waals surface area contributed by atoms with Crippen LogP contribution in [0.25, 0.3) is 0 Å². The molecule has 3 N–H and O–H groups in total. The van der Waals surface area contributed by atoms with Gasteiger partial charge in [-0.1, -0.05) is 19.8 Å². The molecule has 1 aromatic carbocycles. The van der Waals surface area contributed by atoms with Gasteiger partial charge in [0.1, 0.15) is 0 Å². The summed E-state index contributed by atoms with van der Waals surface area (Å²) in [6, 6.07) is 4.59. The van der Waals surface area contributed by atoms with Gasteiger partial charge >= 0.3 is 12.0 Å². The van der Waals surface area contributed by atoms with Crippen molar-refractivity contribution < 1.29 is 14.7 Å². The predicted molar refractivity (Wildman–Crippen MR) is 79.3 cm³/mol. The number of hydrogen-bond donors (Lipinski definition) is 3. The lowest BCUT2D eigenvalue weighted by Gasteiger charge is -2.14. The van der Waals surface area contributed by atoms with Gasteiger partial charge in [0, 0.05) is 11.7 Å². The Morgan fingerprint density at radius 1 is 1.35 bits per heavy atom. The van der Waals surface area contributed by atoms with Crippen LogP contribution in [0.1, 0.15) is 49.0 Å². The van der Waals surface area contributed by atoms with Crippen LogP contribution in [-0.4, -0.2) is 23.1 Å². The molecule has 0 aromatic heterocycles. The summed E-state index contributed by atoms with van der Waals surface area (Å²) in [6.07, 6.45) is 3.12. The van der Waals surface area contributed by atoms with Crippen molar-refractivity contribution in [2.75, 3.05) is 5.32 Å². The van der Waals surface area contributed by atoms with Gasteiger partial charge in [-0.15, -0.1) is 0 Å². The van der Waals surface area contributed by atoms with E-state index in [1.165, 1.54) is 6.07 Å². The highest BCUT2D eigenvalue weighted by Crippen LogP contribution is 2.15. The Morgan fingerprint density at radius 2 is 2.05 bits per heavy atom. The Morgan fingerprint density at radius 3 is 2.60 bits per heavy atom. The fourth-order valence-electron chi connectivity index (χ4n) is 1.95. The average molecular weight is 278 g/mol. The average Bonchev–Trinajstić information content (AvgIpc) is 2.35. The number of urea groups is 1. The maximum atomic E-state index is 11.8. The number of carbonyl (C=O) groups excluding carboxylic acids is 1. The first kappa shape index (κ1) is 16.0. The number of carboxylic acids is 1. The van der Waals surface area contributed by atoms with Crippen molar-refractivity contribution in [1.29, 1.82) is 0 Å². The quantitative estimate of drug-likeness (QED) is 0.746. The molecule has 0 fully saturated rings. The van der Waals surface area contributed by atoms with E-state index in [9.17, 15) is 9.59 Å². The largest absolute Gasteiger partial charge is 0.478 e. The Labute approximate surface area is 119 Å². The topological polar surface area (TPSA) is 78.4 Å². The molecule has 110 valence electrons. The van der Waals surface area contributed by atoms with Crippen molar-refractivity contribution in [2.24, 2.45) is 0 Å². The molecular formula is C15H22N2O3. The predicted octanol–water partition coefficient (Wildman–Crippen LogP) is 3.39. The summed E-state index contributed by atoms with van der Waals surface area (Å²) in [5, 5.41) is 14.5. The first-order chi connectivity index (χ1) is 9.43. The first-order valence-corrected chi connectivity index (χ1v) is 6.85. The molecule has 2 amide bonds. The Kier molecular flexibility index (Phi) is 6.03. The van der Waals surface area contributed by atoms with Crippen LogP contribution in [0.4, 0.5) is 10.5 Å².